The third kappa shape index (κ3) is 6.29. The molecule has 2 saturated heterocycles. The van der Waals surface area contributed by atoms with Crippen LogP contribution in [0.5, 0.6) is 0 Å². The molecular weight excluding hydrogens is 400 g/mol. The Labute approximate surface area is 202 Å². The SMILES string of the molecule is C=C1CCC(CCC(Cc2ccccc2)N2CCC[C@@H]2C)N1C(CCC)Cc1ccccc1. The lowest BCUT2D eigenvalue weighted by atomic mass is 9.95. The molecule has 0 N–H and O–H groups in total. The Morgan fingerprint density at radius 1 is 0.879 bits per heavy atom. The van der Waals surface area contributed by atoms with Gasteiger partial charge in [0.15, 0.2) is 0 Å². The third-order valence-electron chi connectivity index (χ3n) is 8.07. The van der Waals surface area contributed by atoms with Crippen LogP contribution in [0.15, 0.2) is 72.9 Å². The Morgan fingerprint density at radius 2 is 1.52 bits per heavy atom. The quantitative estimate of drug-likeness (QED) is 0.360. The summed E-state index contributed by atoms with van der Waals surface area (Å²) in [6.45, 7) is 10.6. The van der Waals surface area contributed by atoms with E-state index >= 15 is 0 Å². The molecule has 0 spiro atoms. The van der Waals surface area contributed by atoms with Gasteiger partial charge in [-0.05, 0) is 82.4 Å². The Balaban J connectivity index is 1.45. The normalized spacial score (nSPS) is 23.2. The molecule has 4 atom stereocenters. The van der Waals surface area contributed by atoms with Gasteiger partial charge in [-0.3, -0.25) is 4.90 Å². The highest BCUT2D eigenvalue weighted by atomic mass is 15.2. The Morgan fingerprint density at radius 3 is 2.09 bits per heavy atom. The summed E-state index contributed by atoms with van der Waals surface area (Å²) < 4.78 is 0. The van der Waals surface area contributed by atoms with Gasteiger partial charge in [-0.1, -0.05) is 80.6 Å². The molecule has 4 rings (SSSR count). The van der Waals surface area contributed by atoms with E-state index in [9.17, 15) is 0 Å². The maximum absolute atomic E-state index is 4.53. The first-order valence-electron chi connectivity index (χ1n) is 13.5. The topological polar surface area (TPSA) is 6.48 Å². The largest absolute Gasteiger partial charge is 0.369 e. The van der Waals surface area contributed by atoms with E-state index < -0.39 is 0 Å². The van der Waals surface area contributed by atoms with Crippen LogP contribution in [0, 0.1) is 0 Å². The fraction of sp³-hybridized carbons (Fsp3) is 0.548. The highest BCUT2D eigenvalue weighted by Crippen LogP contribution is 2.35. The second-order valence-corrected chi connectivity index (χ2v) is 10.4. The lowest BCUT2D eigenvalue weighted by Gasteiger charge is -2.38. The van der Waals surface area contributed by atoms with E-state index in [2.05, 4.69) is 90.9 Å². The molecule has 2 aliphatic rings. The third-order valence-corrected chi connectivity index (χ3v) is 8.07. The number of hydrogen-bond acceptors (Lipinski definition) is 2. The van der Waals surface area contributed by atoms with Crippen molar-refractivity contribution in [3.8, 4) is 0 Å². The molecule has 3 unspecified atom stereocenters. The minimum atomic E-state index is 0.579. The summed E-state index contributed by atoms with van der Waals surface area (Å²) in [7, 11) is 0. The van der Waals surface area contributed by atoms with E-state index in [-0.39, 0.29) is 0 Å². The van der Waals surface area contributed by atoms with Gasteiger partial charge in [-0.25, -0.2) is 0 Å². The smallest absolute Gasteiger partial charge is 0.0330 e. The molecule has 0 radical (unpaired) electrons. The van der Waals surface area contributed by atoms with E-state index in [1.807, 2.05) is 0 Å². The first kappa shape index (κ1) is 24.1. The molecule has 2 aliphatic heterocycles. The lowest BCUT2D eigenvalue weighted by Crippen LogP contribution is -2.42. The van der Waals surface area contributed by atoms with Crippen molar-refractivity contribution in [1.29, 1.82) is 0 Å². The lowest BCUT2D eigenvalue weighted by molar-refractivity contribution is 0.148. The van der Waals surface area contributed by atoms with Gasteiger partial charge in [-0.15, -0.1) is 0 Å². The molecule has 2 heteroatoms. The summed E-state index contributed by atoms with van der Waals surface area (Å²) in [4.78, 5) is 5.57. The summed E-state index contributed by atoms with van der Waals surface area (Å²) in [5.74, 6) is 0. The molecule has 2 heterocycles. The number of rotatable bonds is 11. The first-order valence-corrected chi connectivity index (χ1v) is 13.5. The van der Waals surface area contributed by atoms with Crippen molar-refractivity contribution >= 4 is 0 Å². The number of benzene rings is 2. The van der Waals surface area contributed by atoms with Crippen LogP contribution in [-0.2, 0) is 12.8 Å². The number of allylic oxidation sites excluding steroid dienone is 1. The molecule has 2 aromatic rings. The monoisotopic (exact) mass is 444 g/mol. The van der Waals surface area contributed by atoms with Crippen molar-refractivity contribution in [3.05, 3.63) is 84.1 Å². The molecule has 33 heavy (non-hydrogen) atoms. The van der Waals surface area contributed by atoms with Crippen molar-refractivity contribution in [2.75, 3.05) is 6.54 Å². The highest BCUT2D eigenvalue weighted by Gasteiger charge is 2.34. The van der Waals surface area contributed by atoms with Gasteiger partial charge >= 0.3 is 0 Å². The predicted octanol–water partition coefficient (Wildman–Crippen LogP) is 7.25. The maximum Gasteiger partial charge on any atom is 0.0330 e. The summed E-state index contributed by atoms with van der Waals surface area (Å²) in [6.07, 6.45) is 12.5. The van der Waals surface area contributed by atoms with Crippen LogP contribution >= 0.6 is 0 Å². The van der Waals surface area contributed by atoms with Crippen LogP contribution in [0.2, 0.25) is 0 Å². The molecule has 0 aromatic heterocycles. The zero-order valence-electron chi connectivity index (χ0n) is 21.0. The Kier molecular flexibility index (Phi) is 8.67. The van der Waals surface area contributed by atoms with Gasteiger partial charge in [0, 0.05) is 29.9 Å². The van der Waals surface area contributed by atoms with E-state index in [4.69, 9.17) is 0 Å². The van der Waals surface area contributed by atoms with Crippen LogP contribution in [-0.4, -0.2) is 40.5 Å². The van der Waals surface area contributed by atoms with Gasteiger partial charge in [0.25, 0.3) is 0 Å². The van der Waals surface area contributed by atoms with Gasteiger partial charge in [0.1, 0.15) is 0 Å². The molecule has 0 bridgehead atoms. The van der Waals surface area contributed by atoms with Crippen LogP contribution in [0.3, 0.4) is 0 Å². The van der Waals surface area contributed by atoms with Crippen LogP contribution < -0.4 is 0 Å². The van der Waals surface area contributed by atoms with E-state index in [0.29, 0.717) is 18.1 Å². The number of hydrogen-bond donors (Lipinski definition) is 0. The summed E-state index contributed by atoms with van der Waals surface area (Å²) in [5.41, 5.74) is 4.33. The molecule has 0 amide bonds. The minimum Gasteiger partial charge on any atom is -0.369 e. The highest BCUT2D eigenvalue weighted by molar-refractivity contribution is 5.18. The summed E-state index contributed by atoms with van der Waals surface area (Å²) in [5, 5.41) is 0. The minimum absolute atomic E-state index is 0.579. The summed E-state index contributed by atoms with van der Waals surface area (Å²) >= 11 is 0. The van der Waals surface area contributed by atoms with Crippen molar-refractivity contribution in [1.82, 2.24) is 9.80 Å². The van der Waals surface area contributed by atoms with Gasteiger partial charge in [0.05, 0.1) is 0 Å². The first-order chi connectivity index (χ1) is 16.2. The van der Waals surface area contributed by atoms with Gasteiger partial charge < -0.3 is 4.90 Å². The Hall–Kier alpha value is -2.06. The van der Waals surface area contributed by atoms with E-state index in [0.717, 1.165) is 12.5 Å². The van der Waals surface area contributed by atoms with Crippen molar-refractivity contribution < 1.29 is 0 Å². The predicted molar refractivity (Wildman–Crippen MR) is 141 cm³/mol. The van der Waals surface area contributed by atoms with Gasteiger partial charge in [0.2, 0.25) is 0 Å². The second-order valence-electron chi connectivity index (χ2n) is 10.4. The zero-order chi connectivity index (χ0) is 23.0. The number of likely N-dealkylation sites (tertiary alicyclic amines) is 2. The fourth-order valence-corrected chi connectivity index (χ4v) is 6.41. The molecule has 0 aliphatic carbocycles. The molecule has 2 fully saturated rings. The molecular formula is C31H44N2. The van der Waals surface area contributed by atoms with Crippen LogP contribution in [0.1, 0.15) is 76.3 Å². The molecule has 0 saturated carbocycles. The molecule has 2 aromatic carbocycles. The second kappa shape index (κ2) is 11.9. The van der Waals surface area contributed by atoms with Crippen molar-refractivity contribution in [2.24, 2.45) is 0 Å². The maximum atomic E-state index is 4.53. The zero-order valence-corrected chi connectivity index (χ0v) is 21.0. The number of nitrogens with zero attached hydrogens (tertiary/aromatic N) is 2. The fourth-order valence-electron chi connectivity index (χ4n) is 6.41. The van der Waals surface area contributed by atoms with Crippen LogP contribution in [0.4, 0.5) is 0 Å². The van der Waals surface area contributed by atoms with Crippen molar-refractivity contribution in [2.45, 2.75) is 102 Å². The average molecular weight is 445 g/mol. The van der Waals surface area contributed by atoms with Crippen LogP contribution in [0.25, 0.3) is 0 Å². The molecule has 178 valence electrons. The standard InChI is InChI=1S/C31H44N2/c1-4-12-31(24-28-16-9-6-10-17-28)33-26(3)18-19-29(33)20-21-30(32-22-11-13-25(32)2)23-27-14-7-5-8-15-27/h5-10,14-17,25,29-31H,3-4,11-13,18-24H2,1-2H3/t25-,29?,30?,31?/m0/s1. The summed E-state index contributed by atoms with van der Waals surface area (Å²) in [6, 6.07) is 24.8. The van der Waals surface area contributed by atoms with Gasteiger partial charge in [-0.2, -0.15) is 0 Å². The Bertz CT molecular complexity index is 846. The van der Waals surface area contributed by atoms with E-state index in [1.54, 1.807) is 0 Å². The van der Waals surface area contributed by atoms with Crippen molar-refractivity contribution in [3.63, 3.8) is 0 Å². The molecule has 2 nitrogen and oxygen atoms in total. The van der Waals surface area contributed by atoms with E-state index in [1.165, 1.54) is 81.2 Å². The average Bonchev–Trinajstić information content (AvgIpc) is 3.43.